The van der Waals surface area contributed by atoms with E-state index in [0.717, 1.165) is 23.2 Å². The molecule has 19 heavy (non-hydrogen) atoms. The molecule has 0 unspecified atom stereocenters. The molecule has 0 bridgehead atoms. The number of ether oxygens (including phenoxy) is 1. The molecule has 3 rings (SSSR count). The van der Waals surface area contributed by atoms with Crippen LogP contribution in [0, 0.1) is 4.64 Å². The maximum absolute atomic E-state index is 6.03. The van der Waals surface area contributed by atoms with Crippen LogP contribution in [-0.4, -0.2) is 16.6 Å². The maximum Gasteiger partial charge on any atom is 0.139 e. The van der Waals surface area contributed by atoms with Gasteiger partial charge < -0.3 is 9.72 Å². The average Bonchev–Trinajstić information content (AvgIpc) is 2.42. The van der Waals surface area contributed by atoms with E-state index in [1.807, 2.05) is 6.07 Å². The molecule has 6 heteroatoms. The van der Waals surface area contributed by atoms with Gasteiger partial charge in [0.25, 0.3) is 0 Å². The zero-order chi connectivity index (χ0) is 13.4. The predicted molar refractivity (Wildman–Crippen MR) is 78.2 cm³/mol. The number of rotatable bonds is 1. The number of aromatic nitrogens is 2. The first-order valence-electron chi connectivity index (χ1n) is 5.80. The van der Waals surface area contributed by atoms with Crippen molar-refractivity contribution in [2.45, 2.75) is 13.0 Å². The van der Waals surface area contributed by atoms with Gasteiger partial charge >= 0.3 is 0 Å². The van der Waals surface area contributed by atoms with E-state index in [1.165, 1.54) is 0 Å². The number of fused-ring (bicyclic) bond motifs is 1. The first kappa shape index (κ1) is 13.1. The van der Waals surface area contributed by atoms with E-state index in [1.54, 1.807) is 12.1 Å². The van der Waals surface area contributed by atoms with Crippen LogP contribution in [0.15, 0.2) is 18.2 Å². The highest BCUT2D eigenvalue weighted by molar-refractivity contribution is 7.71. The van der Waals surface area contributed by atoms with Crippen LogP contribution in [-0.2, 0) is 17.8 Å². The molecule has 0 radical (unpaired) electrons. The van der Waals surface area contributed by atoms with Crippen LogP contribution in [0.5, 0.6) is 0 Å². The minimum absolute atomic E-state index is 0.501. The molecule has 2 heterocycles. The summed E-state index contributed by atoms with van der Waals surface area (Å²) in [5, 5.41) is 1.02. The highest BCUT2D eigenvalue weighted by Crippen LogP contribution is 2.28. The van der Waals surface area contributed by atoms with E-state index >= 15 is 0 Å². The fourth-order valence-electron chi connectivity index (χ4n) is 2.04. The Hall–Kier alpha value is -0.940. The molecule has 1 aliphatic rings. The third kappa shape index (κ3) is 2.54. The Morgan fingerprint density at radius 2 is 2.11 bits per heavy atom. The van der Waals surface area contributed by atoms with Crippen LogP contribution >= 0.6 is 35.4 Å². The Kier molecular flexibility index (Phi) is 3.58. The van der Waals surface area contributed by atoms with Crippen molar-refractivity contribution in [1.29, 1.82) is 0 Å². The lowest BCUT2D eigenvalue weighted by Gasteiger charge is -2.17. The molecule has 1 aromatic carbocycles. The summed E-state index contributed by atoms with van der Waals surface area (Å²) in [7, 11) is 0. The first-order valence-corrected chi connectivity index (χ1v) is 6.97. The van der Waals surface area contributed by atoms with Crippen molar-refractivity contribution in [3.63, 3.8) is 0 Å². The maximum atomic E-state index is 6.03. The van der Waals surface area contributed by atoms with Crippen molar-refractivity contribution in [2.75, 3.05) is 6.61 Å². The molecule has 0 amide bonds. The Labute approximate surface area is 125 Å². The van der Waals surface area contributed by atoms with E-state index in [-0.39, 0.29) is 0 Å². The highest BCUT2D eigenvalue weighted by atomic mass is 35.5. The highest BCUT2D eigenvalue weighted by Gasteiger charge is 2.14. The Morgan fingerprint density at radius 1 is 1.26 bits per heavy atom. The molecule has 1 N–H and O–H groups in total. The second kappa shape index (κ2) is 5.21. The lowest BCUT2D eigenvalue weighted by Crippen LogP contribution is -2.14. The minimum Gasteiger partial charge on any atom is -0.376 e. The van der Waals surface area contributed by atoms with Crippen LogP contribution in [0.2, 0.25) is 10.0 Å². The quantitative estimate of drug-likeness (QED) is 0.802. The molecule has 1 aliphatic heterocycles. The number of hydrogen-bond acceptors (Lipinski definition) is 3. The van der Waals surface area contributed by atoms with E-state index in [4.69, 9.17) is 40.2 Å². The zero-order valence-electron chi connectivity index (χ0n) is 9.87. The molecule has 0 saturated carbocycles. The van der Waals surface area contributed by atoms with Crippen LogP contribution in [0.25, 0.3) is 11.4 Å². The van der Waals surface area contributed by atoms with E-state index < -0.39 is 0 Å². The Balaban J connectivity index is 2.12. The monoisotopic (exact) mass is 312 g/mol. The van der Waals surface area contributed by atoms with Crippen LogP contribution in [0.3, 0.4) is 0 Å². The summed E-state index contributed by atoms with van der Waals surface area (Å²) in [6.07, 6.45) is 0.815. The SMILES string of the molecule is S=c1nc(-c2ccc(Cl)c(Cl)c2)[nH]c2c1COCC2. The van der Waals surface area contributed by atoms with Crippen molar-refractivity contribution < 1.29 is 4.74 Å². The van der Waals surface area contributed by atoms with E-state index in [0.29, 0.717) is 33.7 Å². The zero-order valence-corrected chi connectivity index (χ0v) is 12.2. The van der Waals surface area contributed by atoms with Gasteiger partial charge in [-0.25, -0.2) is 4.98 Å². The molecule has 98 valence electrons. The summed E-state index contributed by atoms with van der Waals surface area (Å²) in [4.78, 5) is 7.71. The normalized spacial score (nSPS) is 14.2. The summed E-state index contributed by atoms with van der Waals surface area (Å²) >= 11 is 17.3. The van der Waals surface area contributed by atoms with Gasteiger partial charge in [0.2, 0.25) is 0 Å². The molecule has 0 saturated heterocycles. The molecule has 3 nitrogen and oxygen atoms in total. The number of nitrogens with zero attached hydrogens (tertiary/aromatic N) is 1. The van der Waals surface area contributed by atoms with Crippen LogP contribution in [0.4, 0.5) is 0 Å². The van der Waals surface area contributed by atoms with Gasteiger partial charge in [-0.15, -0.1) is 0 Å². The van der Waals surface area contributed by atoms with Crippen molar-refractivity contribution in [1.82, 2.24) is 9.97 Å². The van der Waals surface area contributed by atoms with Gasteiger partial charge in [-0.3, -0.25) is 0 Å². The van der Waals surface area contributed by atoms with Gasteiger partial charge in [0.15, 0.2) is 0 Å². The van der Waals surface area contributed by atoms with Crippen molar-refractivity contribution in [3.05, 3.63) is 44.1 Å². The molecule has 0 atom stereocenters. The summed E-state index contributed by atoms with van der Waals surface area (Å²) in [6.45, 7) is 1.22. The van der Waals surface area contributed by atoms with Gasteiger partial charge in [-0.1, -0.05) is 35.4 Å². The van der Waals surface area contributed by atoms with Crippen molar-refractivity contribution >= 4 is 35.4 Å². The number of nitrogens with one attached hydrogen (secondary N) is 1. The number of H-pyrrole nitrogens is 1. The lowest BCUT2D eigenvalue weighted by atomic mass is 10.1. The molecular formula is C13H10Cl2N2OS. The van der Waals surface area contributed by atoms with E-state index in [9.17, 15) is 0 Å². The molecule has 0 spiro atoms. The number of aromatic amines is 1. The smallest absolute Gasteiger partial charge is 0.139 e. The minimum atomic E-state index is 0.501. The summed E-state index contributed by atoms with van der Waals surface area (Å²) in [5.41, 5.74) is 2.94. The molecule has 2 aromatic rings. The summed E-state index contributed by atoms with van der Waals surface area (Å²) < 4.78 is 5.97. The molecule has 0 fully saturated rings. The molecular weight excluding hydrogens is 303 g/mol. The van der Waals surface area contributed by atoms with Gasteiger partial charge in [0.1, 0.15) is 10.5 Å². The number of halogens is 2. The van der Waals surface area contributed by atoms with Gasteiger partial charge in [-0.05, 0) is 18.2 Å². The molecule has 1 aromatic heterocycles. The fourth-order valence-corrected chi connectivity index (χ4v) is 2.61. The second-order valence-corrected chi connectivity index (χ2v) is 5.48. The second-order valence-electron chi connectivity index (χ2n) is 4.28. The average molecular weight is 313 g/mol. The third-order valence-corrected chi connectivity index (χ3v) is 4.12. The Bertz CT molecular complexity index is 700. The Morgan fingerprint density at radius 3 is 2.89 bits per heavy atom. The van der Waals surface area contributed by atoms with Crippen LogP contribution < -0.4 is 0 Å². The van der Waals surface area contributed by atoms with Crippen LogP contribution in [0.1, 0.15) is 11.3 Å². The first-order chi connectivity index (χ1) is 9.15. The van der Waals surface area contributed by atoms with Crippen molar-refractivity contribution in [3.8, 4) is 11.4 Å². The van der Waals surface area contributed by atoms with Gasteiger partial charge in [0, 0.05) is 23.2 Å². The largest absolute Gasteiger partial charge is 0.376 e. The number of hydrogen-bond donors (Lipinski definition) is 1. The number of benzene rings is 1. The fraction of sp³-hybridized carbons (Fsp3) is 0.231. The molecule has 0 aliphatic carbocycles. The predicted octanol–water partition coefficient (Wildman–Crippen LogP) is 4.19. The van der Waals surface area contributed by atoms with E-state index in [2.05, 4.69) is 9.97 Å². The standard InChI is InChI=1S/C13H10Cl2N2OS/c14-9-2-1-7(5-10(9)15)12-16-11-3-4-18-6-8(11)13(19)17-12/h1-2,5H,3-4,6H2,(H,16,17,19). The lowest BCUT2D eigenvalue weighted by molar-refractivity contribution is 0.108. The van der Waals surface area contributed by atoms with Gasteiger partial charge in [0.05, 0.1) is 23.3 Å². The third-order valence-electron chi connectivity index (χ3n) is 3.04. The van der Waals surface area contributed by atoms with Gasteiger partial charge in [-0.2, -0.15) is 0 Å². The summed E-state index contributed by atoms with van der Waals surface area (Å²) in [6, 6.07) is 5.40. The topological polar surface area (TPSA) is 37.9 Å². The van der Waals surface area contributed by atoms with Crippen molar-refractivity contribution in [2.24, 2.45) is 0 Å². The summed E-state index contributed by atoms with van der Waals surface area (Å²) in [5.74, 6) is 0.712.